The maximum atomic E-state index is 12.8. The van der Waals surface area contributed by atoms with Crippen molar-refractivity contribution >= 4 is 13.8 Å². The van der Waals surface area contributed by atoms with Crippen LogP contribution in [-0.4, -0.2) is 98.9 Å². The first kappa shape index (κ1) is 58.3. The predicted octanol–water partition coefficient (Wildman–Crippen LogP) is 10.4. The van der Waals surface area contributed by atoms with Crippen LogP contribution in [0.4, 0.5) is 0 Å². The standard InChI is InChI=1S/C49H89O12P/c1-3-5-7-9-11-13-15-17-19-20-21-22-23-25-27-29-31-33-35-37-39-58-40-42(41-59-62(56,57)61-49-47(54)45(52)44(51)46(53)48(49)55)60-43(50)38-36-34-32-30-28-26-24-18-16-14-12-10-8-6-4-2/h11,13,17-19,21-22,24,42,44-49,51-55H,3-10,12,14-16,20,23,25-41H2,1-2H3,(H,56,57)/b13-11-,19-17-,22-21-,24-18-. The fourth-order valence-corrected chi connectivity index (χ4v) is 8.21. The van der Waals surface area contributed by atoms with Gasteiger partial charge in [-0.25, -0.2) is 4.57 Å². The molecule has 0 heterocycles. The van der Waals surface area contributed by atoms with Crippen molar-refractivity contribution in [2.45, 2.75) is 236 Å². The van der Waals surface area contributed by atoms with E-state index < -0.39 is 63.1 Å². The van der Waals surface area contributed by atoms with E-state index in [1.165, 1.54) is 83.5 Å². The summed E-state index contributed by atoms with van der Waals surface area (Å²) in [7, 11) is -5.03. The SMILES string of the molecule is CCCCC/C=C\C/C=C\C/C=C\CCCCCCCCCOCC(COP(=O)(O)OC1C(O)C(O)C(O)C(O)C1O)OC(=O)CCCCCCC/C=C\CCCCCCCC. The molecule has 1 aliphatic carbocycles. The lowest BCUT2D eigenvalue weighted by Crippen LogP contribution is -2.64. The number of carbonyl (C=O) groups excluding carboxylic acids is 1. The molecule has 0 saturated heterocycles. The van der Waals surface area contributed by atoms with Gasteiger partial charge in [-0.15, -0.1) is 0 Å². The van der Waals surface area contributed by atoms with Gasteiger partial charge in [0.05, 0.1) is 13.2 Å². The molecule has 6 atom stereocenters. The van der Waals surface area contributed by atoms with Crippen LogP contribution in [0, 0.1) is 0 Å². The number of phosphoric ester groups is 1. The van der Waals surface area contributed by atoms with Crippen LogP contribution in [0.25, 0.3) is 0 Å². The van der Waals surface area contributed by atoms with Crippen LogP contribution in [0.3, 0.4) is 0 Å². The topological polar surface area (TPSA) is 192 Å². The number of hydrogen-bond acceptors (Lipinski definition) is 11. The van der Waals surface area contributed by atoms with Crippen LogP contribution in [0.1, 0.15) is 194 Å². The summed E-state index contributed by atoms with van der Waals surface area (Å²) in [5.41, 5.74) is 0. The number of unbranched alkanes of at least 4 members (excludes halogenated alkanes) is 21. The van der Waals surface area contributed by atoms with Crippen molar-refractivity contribution < 1.29 is 58.3 Å². The van der Waals surface area contributed by atoms with Crippen molar-refractivity contribution in [1.82, 2.24) is 0 Å². The number of rotatable bonds is 41. The number of carbonyl (C=O) groups is 1. The lowest BCUT2D eigenvalue weighted by Gasteiger charge is -2.41. The molecule has 0 radical (unpaired) electrons. The first-order chi connectivity index (χ1) is 30.0. The van der Waals surface area contributed by atoms with E-state index in [1.54, 1.807) is 0 Å². The number of phosphoric acid groups is 1. The van der Waals surface area contributed by atoms with E-state index in [2.05, 4.69) is 62.5 Å². The Morgan fingerprint density at radius 1 is 0.516 bits per heavy atom. The number of allylic oxidation sites excluding steroid dienone is 8. The molecule has 1 rings (SSSR count). The highest BCUT2D eigenvalue weighted by Gasteiger charge is 2.51. The molecular formula is C49H89O12P. The zero-order chi connectivity index (χ0) is 45.5. The molecule has 0 aromatic heterocycles. The van der Waals surface area contributed by atoms with E-state index >= 15 is 0 Å². The highest BCUT2D eigenvalue weighted by Crippen LogP contribution is 2.47. The molecule has 1 saturated carbocycles. The Labute approximate surface area is 375 Å². The van der Waals surface area contributed by atoms with E-state index in [-0.39, 0.29) is 13.0 Å². The lowest BCUT2D eigenvalue weighted by atomic mass is 9.85. The summed E-state index contributed by atoms with van der Waals surface area (Å²) in [5.74, 6) is -0.490. The van der Waals surface area contributed by atoms with Gasteiger partial charge in [-0.1, -0.05) is 159 Å². The van der Waals surface area contributed by atoms with Crippen LogP contribution in [0.15, 0.2) is 48.6 Å². The van der Waals surface area contributed by atoms with Crippen molar-refractivity contribution in [2.24, 2.45) is 0 Å². The van der Waals surface area contributed by atoms with Gasteiger partial charge in [0.15, 0.2) is 0 Å². The summed E-state index contributed by atoms with van der Waals surface area (Å²) in [5, 5.41) is 50.2. The van der Waals surface area contributed by atoms with Crippen molar-refractivity contribution in [3.63, 3.8) is 0 Å². The molecule has 0 aromatic rings. The summed E-state index contributed by atoms with van der Waals surface area (Å²) in [4.78, 5) is 23.2. The van der Waals surface area contributed by atoms with Crippen molar-refractivity contribution in [1.29, 1.82) is 0 Å². The molecule has 362 valence electrons. The van der Waals surface area contributed by atoms with E-state index in [1.807, 2.05) is 0 Å². The molecule has 1 fully saturated rings. The van der Waals surface area contributed by atoms with Gasteiger partial charge in [0, 0.05) is 13.0 Å². The molecule has 1 aliphatic rings. The molecule has 6 N–H and O–H groups in total. The molecular weight excluding hydrogens is 812 g/mol. The highest BCUT2D eigenvalue weighted by atomic mass is 31.2. The third kappa shape index (κ3) is 31.2. The summed E-state index contributed by atoms with van der Waals surface area (Å²) in [6.45, 7) is 4.20. The first-order valence-corrected chi connectivity index (χ1v) is 26.0. The monoisotopic (exact) mass is 901 g/mol. The second-order valence-corrected chi connectivity index (χ2v) is 18.4. The molecule has 0 spiro atoms. The summed E-state index contributed by atoms with van der Waals surface area (Å²) in [6, 6.07) is 0. The van der Waals surface area contributed by atoms with Crippen LogP contribution >= 0.6 is 7.82 Å². The lowest BCUT2D eigenvalue weighted by molar-refractivity contribution is -0.220. The molecule has 0 bridgehead atoms. The van der Waals surface area contributed by atoms with Gasteiger partial charge in [0.1, 0.15) is 42.7 Å². The Morgan fingerprint density at radius 2 is 0.903 bits per heavy atom. The van der Waals surface area contributed by atoms with Gasteiger partial charge >= 0.3 is 13.8 Å². The quantitative estimate of drug-likeness (QED) is 0.0147. The molecule has 0 aromatic carbocycles. The van der Waals surface area contributed by atoms with E-state index in [9.17, 15) is 39.8 Å². The summed E-state index contributed by atoms with van der Waals surface area (Å²) >= 11 is 0. The van der Waals surface area contributed by atoms with Crippen LogP contribution in [-0.2, 0) is 27.9 Å². The average Bonchev–Trinajstić information content (AvgIpc) is 3.26. The predicted molar refractivity (Wildman–Crippen MR) is 249 cm³/mol. The number of hydrogen-bond donors (Lipinski definition) is 6. The number of aliphatic hydroxyl groups excluding tert-OH is 5. The average molecular weight is 901 g/mol. The fraction of sp³-hybridized carbons (Fsp3) is 0.816. The van der Waals surface area contributed by atoms with Gasteiger partial charge in [0.25, 0.3) is 0 Å². The largest absolute Gasteiger partial charge is 0.472 e. The molecule has 0 aliphatic heterocycles. The zero-order valence-electron chi connectivity index (χ0n) is 38.7. The molecule has 12 nitrogen and oxygen atoms in total. The van der Waals surface area contributed by atoms with Crippen molar-refractivity contribution in [2.75, 3.05) is 19.8 Å². The Balaban J connectivity index is 2.38. The minimum Gasteiger partial charge on any atom is -0.457 e. The Bertz CT molecular complexity index is 1210. The Kier molecular flexibility index (Phi) is 37.3. The van der Waals surface area contributed by atoms with Crippen LogP contribution in [0.2, 0.25) is 0 Å². The maximum absolute atomic E-state index is 12.8. The molecule has 6 unspecified atom stereocenters. The third-order valence-electron chi connectivity index (χ3n) is 11.2. The van der Waals surface area contributed by atoms with Gasteiger partial charge < -0.3 is 39.9 Å². The van der Waals surface area contributed by atoms with Gasteiger partial charge in [-0.3, -0.25) is 13.8 Å². The van der Waals surface area contributed by atoms with Crippen LogP contribution < -0.4 is 0 Å². The maximum Gasteiger partial charge on any atom is 0.472 e. The highest BCUT2D eigenvalue weighted by molar-refractivity contribution is 7.47. The molecule has 62 heavy (non-hydrogen) atoms. The van der Waals surface area contributed by atoms with Crippen molar-refractivity contribution in [3.8, 4) is 0 Å². The minimum atomic E-state index is -5.03. The zero-order valence-corrected chi connectivity index (χ0v) is 39.6. The summed E-state index contributed by atoms with van der Waals surface area (Å²) < 4.78 is 34.2. The van der Waals surface area contributed by atoms with Crippen molar-refractivity contribution in [3.05, 3.63) is 48.6 Å². The van der Waals surface area contributed by atoms with E-state index in [4.69, 9.17) is 18.5 Å². The van der Waals surface area contributed by atoms with Crippen LogP contribution in [0.5, 0.6) is 0 Å². The van der Waals surface area contributed by atoms with Gasteiger partial charge in [-0.05, 0) is 77.0 Å². The molecule has 13 heteroatoms. The van der Waals surface area contributed by atoms with Gasteiger partial charge in [0.2, 0.25) is 0 Å². The fourth-order valence-electron chi connectivity index (χ4n) is 7.24. The second kappa shape index (κ2) is 39.6. The normalized spacial score (nSPS) is 22.4. The Hall–Kier alpha value is -1.70. The van der Waals surface area contributed by atoms with E-state index in [0.29, 0.717) is 13.0 Å². The first-order valence-electron chi connectivity index (χ1n) is 24.5. The minimum absolute atomic E-state index is 0.0874. The smallest absolute Gasteiger partial charge is 0.457 e. The number of esters is 1. The van der Waals surface area contributed by atoms with Gasteiger partial charge in [-0.2, -0.15) is 0 Å². The third-order valence-corrected chi connectivity index (χ3v) is 12.2. The number of ether oxygens (including phenoxy) is 2. The Morgan fingerprint density at radius 3 is 1.42 bits per heavy atom. The number of aliphatic hydroxyl groups is 5. The second-order valence-electron chi connectivity index (χ2n) is 17.0. The van der Waals surface area contributed by atoms with E-state index in [0.717, 1.165) is 83.5 Å². The summed E-state index contributed by atoms with van der Waals surface area (Å²) in [6.07, 6.45) is 36.0. The molecule has 0 amide bonds.